The highest BCUT2D eigenvalue weighted by molar-refractivity contribution is 8.00. The van der Waals surface area contributed by atoms with Gasteiger partial charge in [0.15, 0.2) is 0 Å². The Labute approximate surface area is 154 Å². The van der Waals surface area contributed by atoms with Crippen LogP contribution in [0.25, 0.3) is 0 Å². The highest BCUT2D eigenvalue weighted by Gasteiger charge is 2.14. The number of hydrogen-bond acceptors (Lipinski definition) is 3. The number of fused-ring (bicyclic) bond motifs is 1. The molecule has 0 unspecified atom stereocenters. The van der Waals surface area contributed by atoms with Crippen molar-refractivity contribution in [1.29, 1.82) is 0 Å². The largest absolute Gasteiger partial charge is 0.496 e. The monoisotopic (exact) mass is 355 g/mol. The van der Waals surface area contributed by atoms with Crippen molar-refractivity contribution in [2.45, 2.75) is 37.6 Å². The van der Waals surface area contributed by atoms with Crippen LogP contribution in [0.5, 0.6) is 5.75 Å². The SMILES string of the molecule is COc1ccc(C)cc1CN(C)C(=O)CSc1ccc2c(c1)CCC2. The standard InChI is InChI=1S/C21H25NO2S/c1-15-7-10-20(24-3)18(11-15)13-22(2)21(23)14-25-19-9-8-16-5-4-6-17(16)12-19/h7-12H,4-6,13-14H2,1-3H3. The molecule has 0 aromatic heterocycles. The van der Waals surface area contributed by atoms with Gasteiger partial charge in [0.05, 0.1) is 12.9 Å². The molecule has 1 amide bonds. The molecule has 132 valence electrons. The van der Waals surface area contributed by atoms with Crippen LogP contribution >= 0.6 is 11.8 Å². The van der Waals surface area contributed by atoms with Gasteiger partial charge in [0, 0.05) is 24.1 Å². The van der Waals surface area contributed by atoms with Crippen molar-refractivity contribution in [1.82, 2.24) is 4.90 Å². The molecule has 0 radical (unpaired) electrons. The Morgan fingerprint density at radius 2 is 1.96 bits per heavy atom. The minimum absolute atomic E-state index is 0.133. The average molecular weight is 356 g/mol. The molecule has 0 aliphatic heterocycles. The molecule has 25 heavy (non-hydrogen) atoms. The van der Waals surface area contributed by atoms with E-state index in [0.717, 1.165) is 11.3 Å². The van der Waals surface area contributed by atoms with E-state index in [1.165, 1.54) is 40.8 Å². The maximum atomic E-state index is 12.5. The zero-order valence-corrected chi connectivity index (χ0v) is 16.0. The lowest BCUT2D eigenvalue weighted by atomic mass is 10.1. The summed E-state index contributed by atoms with van der Waals surface area (Å²) in [6, 6.07) is 12.7. The molecule has 0 bridgehead atoms. The highest BCUT2D eigenvalue weighted by atomic mass is 32.2. The Bertz CT molecular complexity index is 772. The first-order chi connectivity index (χ1) is 12.1. The van der Waals surface area contributed by atoms with Crippen molar-refractivity contribution in [3.8, 4) is 5.75 Å². The number of aryl methyl sites for hydroxylation is 3. The van der Waals surface area contributed by atoms with E-state index in [4.69, 9.17) is 4.74 Å². The number of thioether (sulfide) groups is 1. The molecule has 2 aromatic rings. The maximum absolute atomic E-state index is 12.5. The second-order valence-electron chi connectivity index (χ2n) is 6.64. The van der Waals surface area contributed by atoms with E-state index in [1.807, 2.05) is 19.2 Å². The number of ether oxygens (including phenoxy) is 1. The number of carbonyl (C=O) groups is 1. The summed E-state index contributed by atoms with van der Waals surface area (Å²) in [5, 5.41) is 0. The van der Waals surface area contributed by atoms with Gasteiger partial charge >= 0.3 is 0 Å². The summed E-state index contributed by atoms with van der Waals surface area (Å²) < 4.78 is 5.41. The third-order valence-electron chi connectivity index (χ3n) is 4.70. The fourth-order valence-electron chi connectivity index (χ4n) is 3.27. The van der Waals surface area contributed by atoms with Gasteiger partial charge < -0.3 is 9.64 Å². The molecule has 1 aliphatic rings. The van der Waals surface area contributed by atoms with Gasteiger partial charge in [0.2, 0.25) is 5.91 Å². The molecule has 2 aromatic carbocycles. The van der Waals surface area contributed by atoms with Gasteiger partial charge in [0.25, 0.3) is 0 Å². The molecule has 0 saturated carbocycles. The molecular weight excluding hydrogens is 330 g/mol. The van der Waals surface area contributed by atoms with Crippen LogP contribution in [0, 0.1) is 6.92 Å². The van der Waals surface area contributed by atoms with E-state index in [2.05, 4.69) is 31.2 Å². The van der Waals surface area contributed by atoms with Crippen molar-refractivity contribution in [2.75, 3.05) is 19.9 Å². The summed E-state index contributed by atoms with van der Waals surface area (Å²) in [4.78, 5) is 15.5. The Morgan fingerprint density at radius 1 is 1.16 bits per heavy atom. The number of nitrogens with zero attached hydrogens (tertiary/aromatic N) is 1. The van der Waals surface area contributed by atoms with Crippen molar-refractivity contribution in [3.05, 3.63) is 58.7 Å². The molecule has 0 spiro atoms. The summed E-state index contributed by atoms with van der Waals surface area (Å²) in [6.45, 7) is 2.61. The predicted molar refractivity (Wildman–Crippen MR) is 103 cm³/mol. The van der Waals surface area contributed by atoms with E-state index >= 15 is 0 Å². The second kappa shape index (κ2) is 7.96. The number of benzene rings is 2. The van der Waals surface area contributed by atoms with E-state index in [-0.39, 0.29) is 5.91 Å². The molecule has 0 fully saturated rings. The summed E-state index contributed by atoms with van der Waals surface area (Å²) >= 11 is 1.62. The van der Waals surface area contributed by atoms with Crippen LogP contribution in [0.15, 0.2) is 41.3 Å². The molecule has 3 rings (SSSR count). The third-order valence-corrected chi connectivity index (χ3v) is 5.68. The predicted octanol–water partition coefficient (Wildman–Crippen LogP) is 4.24. The Balaban J connectivity index is 1.59. The summed E-state index contributed by atoms with van der Waals surface area (Å²) in [6.07, 6.45) is 3.62. The number of methoxy groups -OCH3 is 1. The summed E-state index contributed by atoms with van der Waals surface area (Å²) in [5.74, 6) is 1.43. The number of amides is 1. The molecule has 1 aliphatic carbocycles. The van der Waals surface area contributed by atoms with Crippen LogP contribution in [0.3, 0.4) is 0 Å². The van der Waals surface area contributed by atoms with Crippen LogP contribution in [-0.4, -0.2) is 30.7 Å². The van der Waals surface area contributed by atoms with Crippen LogP contribution in [0.1, 0.15) is 28.7 Å². The lowest BCUT2D eigenvalue weighted by Gasteiger charge is -2.19. The van der Waals surface area contributed by atoms with Crippen molar-refractivity contribution >= 4 is 17.7 Å². The fourth-order valence-corrected chi connectivity index (χ4v) is 4.17. The normalized spacial score (nSPS) is 12.8. The van der Waals surface area contributed by atoms with Gasteiger partial charge in [-0.1, -0.05) is 23.8 Å². The number of rotatable bonds is 6. The van der Waals surface area contributed by atoms with Gasteiger partial charge in [-0.2, -0.15) is 0 Å². The van der Waals surface area contributed by atoms with E-state index in [1.54, 1.807) is 23.8 Å². The second-order valence-corrected chi connectivity index (χ2v) is 7.69. The lowest BCUT2D eigenvalue weighted by Crippen LogP contribution is -2.28. The first-order valence-electron chi connectivity index (χ1n) is 8.69. The zero-order chi connectivity index (χ0) is 17.8. The maximum Gasteiger partial charge on any atom is 0.232 e. The van der Waals surface area contributed by atoms with Crippen LogP contribution in [-0.2, 0) is 24.2 Å². The minimum Gasteiger partial charge on any atom is -0.496 e. The Hall–Kier alpha value is -1.94. The quantitative estimate of drug-likeness (QED) is 0.726. The third kappa shape index (κ3) is 4.37. The smallest absolute Gasteiger partial charge is 0.232 e. The van der Waals surface area contributed by atoms with Gasteiger partial charge in [0.1, 0.15) is 5.75 Å². The molecular formula is C21H25NO2S. The van der Waals surface area contributed by atoms with Gasteiger partial charge in [-0.25, -0.2) is 0 Å². The lowest BCUT2D eigenvalue weighted by molar-refractivity contribution is -0.127. The highest BCUT2D eigenvalue weighted by Crippen LogP contribution is 2.28. The Kier molecular flexibility index (Phi) is 5.69. The Morgan fingerprint density at radius 3 is 2.76 bits per heavy atom. The average Bonchev–Trinajstić information content (AvgIpc) is 3.07. The fraction of sp³-hybridized carbons (Fsp3) is 0.381. The van der Waals surface area contributed by atoms with E-state index in [0.29, 0.717) is 12.3 Å². The van der Waals surface area contributed by atoms with Crippen molar-refractivity contribution < 1.29 is 9.53 Å². The van der Waals surface area contributed by atoms with E-state index in [9.17, 15) is 4.79 Å². The van der Waals surface area contributed by atoms with Crippen molar-refractivity contribution in [2.24, 2.45) is 0 Å². The summed E-state index contributed by atoms with van der Waals surface area (Å²) in [5.41, 5.74) is 5.14. The first kappa shape index (κ1) is 17.9. The first-order valence-corrected chi connectivity index (χ1v) is 9.67. The minimum atomic E-state index is 0.133. The summed E-state index contributed by atoms with van der Waals surface area (Å²) in [7, 11) is 3.52. The molecule has 0 saturated heterocycles. The molecule has 0 N–H and O–H groups in total. The van der Waals surface area contributed by atoms with Crippen molar-refractivity contribution in [3.63, 3.8) is 0 Å². The molecule has 0 atom stereocenters. The molecule has 4 heteroatoms. The van der Waals surface area contributed by atoms with Crippen LogP contribution in [0.2, 0.25) is 0 Å². The molecule has 0 heterocycles. The number of hydrogen-bond donors (Lipinski definition) is 0. The zero-order valence-electron chi connectivity index (χ0n) is 15.2. The van der Waals surface area contributed by atoms with E-state index < -0.39 is 0 Å². The van der Waals surface area contributed by atoms with Crippen LogP contribution < -0.4 is 4.74 Å². The van der Waals surface area contributed by atoms with Gasteiger partial charge in [-0.05, 0) is 55.5 Å². The van der Waals surface area contributed by atoms with Gasteiger partial charge in [-0.3, -0.25) is 4.79 Å². The molecule has 3 nitrogen and oxygen atoms in total. The van der Waals surface area contributed by atoms with Gasteiger partial charge in [-0.15, -0.1) is 11.8 Å². The topological polar surface area (TPSA) is 29.5 Å². The van der Waals surface area contributed by atoms with Crippen LogP contribution in [0.4, 0.5) is 0 Å². The number of carbonyl (C=O) groups excluding carboxylic acids is 1.